The standard InChI is InChI=1S/C17H21FN4O2S/c1-10-8-22(15-20-11(2)13(25-15)14(19)23)16(24)21(10)9-12-4-6-17(3,18)7-5-12/h4-6,10H,7-9H2,1-3H3,(H2,19,23)/t10-,17?/m0/s1. The lowest BCUT2D eigenvalue weighted by molar-refractivity contribution is 0.100. The molecule has 1 aromatic rings. The highest BCUT2D eigenvalue weighted by molar-refractivity contribution is 7.17. The molecule has 1 aromatic heterocycles. The fraction of sp³-hybridized carbons (Fsp3) is 0.471. The van der Waals surface area contributed by atoms with E-state index < -0.39 is 11.6 Å². The lowest BCUT2D eigenvalue weighted by atomic mass is 9.95. The summed E-state index contributed by atoms with van der Waals surface area (Å²) in [6.45, 7) is 6.11. The highest BCUT2D eigenvalue weighted by Crippen LogP contribution is 2.31. The number of urea groups is 1. The summed E-state index contributed by atoms with van der Waals surface area (Å²) < 4.78 is 13.8. The van der Waals surface area contributed by atoms with Gasteiger partial charge in [-0.2, -0.15) is 0 Å². The minimum absolute atomic E-state index is 0.0123. The quantitative estimate of drug-likeness (QED) is 0.892. The van der Waals surface area contributed by atoms with Gasteiger partial charge < -0.3 is 10.6 Å². The summed E-state index contributed by atoms with van der Waals surface area (Å²) in [5, 5.41) is 0.482. The van der Waals surface area contributed by atoms with Gasteiger partial charge in [-0.15, -0.1) is 0 Å². The van der Waals surface area contributed by atoms with Gasteiger partial charge in [-0.3, -0.25) is 9.69 Å². The fourth-order valence-electron chi connectivity index (χ4n) is 2.96. The Morgan fingerprint density at radius 1 is 1.56 bits per heavy atom. The number of anilines is 1. The Labute approximate surface area is 149 Å². The van der Waals surface area contributed by atoms with Crippen LogP contribution in [0.4, 0.5) is 14.3 Å². The van der Waals surface area contributed by atoms with Crippen LogP contribution in [0.1, 0.15) is 35.6 Å². The Bertz CT molecular complexity index is 784. The van der Waals surface area contributed by atoms with Crippen molar-refractivity contribution in [1.29, 1.82) is 0 Å². The van der Waals surface area contributed by atoms with E-state index in [1.54, 1.807) is 22.8 Å². The van der Waals surface area contributed by atoms with E-state index in [4.69, 9.17) is 5.73 Å². The maximum absolute atomic E-state index is 13.8. The second-order valence-corrected chi connectivity index (χ2v) is 7.72. The summed E-state index contributed by atoms with van der Waals surface area (Å²) in [6, 6.07) is -0.179. The molecule has 3 amide bonds. The molecule has 3 rings (SSSR count). The molecule has 1 aliphatic carbocycles. The molecule has 1 saturated heterocycles. The number of carbonyl (C=O) groups excluding carboxylic acids is 2. The van der Waals surface area contributed by atoms with Crippen molar-refractivity contribution in [3.8, 4) is 0 Å². The summed E-state index contributed by atoms with van der Waals surface area (Å²) in [5.74, 6) is -0.537. The number of allylic oxidation sites excluding steroid dienone is 2. The Balaban J connectivity index is 1.76. The molecule has 1 aliphatic heterocycles. The van der Waals surface area contributed by atoms with Gasteiger partial charge >= 0.3 is 6.03 Å². The van der Waals surface area contributed by atoms with E-state index in [1.807, 2.05) is 13.0 Å². The predicted octanol–water partition coefficient (Wildman–Crippen LogP) is 2.80. The van der Waals surface area contributed by atoms with Crippen LogP contribution in [0.15, 0.2) is 23.8 Å². The third kappa shape index (κ3) is 3.44. The third-order valence-electron chi connectivity index (χ3n) is 4.46. The molecule has 2 aliphatic rings. The zero-order valence-electron chi connectivity index (χ0n) is 14.5. The summed E-state index contributed by atoms with van der Waals surface area (Å²) in [4.78, 5) is 32.2. The summed E-state index contributed by atoms with van der Waals surface area (Å²) >= 11 is 1.13. The number of alkyl halides is 1. The normalized spacial score (nSPS) is 26.3. The molecule has 8 heteroatoms. The number of hydrogen-bond donors (Lipinski definition) is 1. The number of aromatic nitrogens is 1. The SMILES string of the molecule is Cc1nc(N2C[C@H](C)N(CC3=CCC(C)(F)C=C3)C2=O)sc1C(N)=O. The van der Waals surface area contributed by atoms with Crippen LogP contribution in [0.2, 0.25) is 0 Å². The van der Waals surface area contributed by atoms with Crippen molar-refractivity contribution in [1.82, 2.24) is 9.88 Å². The molecule has 134 valence electrons. The van der Waals surface area contributed by atoms with E-state index in [1.165, 1.54) is 13.0 Å². The van der Waals surface area contributed by atoms with Crippen molar-refractivity contribution in [2.45, 2.75) is 38.9 Å². The van der Waals surface area contributed by atoms with Crippen molar-refractivity contribution >= 4 is 28.4 Å². The van der Waals surface area contributed by atoms with Crippen LogP contribution in [-0.2, 0) is 0 Å². The maximum Gasteiger partial charge on any atom is 0.326 e. The Morgan fingerprint density at radius 3 is 2.84 bits per heavy atom. The van der Waals surface area contributed by atoms with Crippen LogP contribution in [0, 0.1) is 6.92 Å². The molecule has 0 saturated carbocycles. The minimum Gasteiger partial charge on any atom is -0.365 e. The van der Waals surface area contributed by atoms with E-state index >= 15 is 0 Å². The molecule has 0 radical (unpaired) electrons. The van der Waals surface area contributed by atoms with Gasteiger partial charge in [-0.25, -0.2) is 14.2 Å². The average molecular weight is 364 g/mol. The lowest BCUT2D eigenvalue weighted by Crippen LogP contribution is -2.35. The molecule has 0 aromatic carbocycles. The third-order valence-corrected chi connectivity index (χ3v) is 5.65. The van der Waals surface area contributed by atoms with E-state index in [-0.39, 0.29) is 12.1 Å². The summed E-state index contributed by atoms with van der Waals surface area (Å²) in [7, 11) is 0. The molecule has 2 N–H and O–H groups in total. The van der Waals surface area contributed by atoms with Crippen molar-refractivity contribution in [3.05, 3.63) is 34.4 Å². The number of rotatable bonds is 4. The number of carbonyl (C=O) groups is 2. The summed E-state index contributed by atoms with van der Waals surface area (Å²) in [6.07, 6.45) is 5.42. The molecule has 1 fully saturated rings. The first-order valence-electron chi connectivity index (χ1n) is 8.10. The molecule has 1 unspecified atom stereocenters. The Hall–Kier alpha value is -2.22. The largest absolute Gasteiger partial charge is 0.365 e. The van der Waals surface area contributed by atoms with Crippen LogP contribution in [0.25, 0.3) is 0 Å². The van der Waals surface area contributed by atoms with Gasteiger partial charge in [-0.05, 0) is 32.4 Å². The number of aryl methyl sites for hydroxylation is 1. The van der Waals surface area contributed by atoms with Crippen molar-refractivity contribution in [2.24, 2.45) is 5.73 Å². The summed E-state index contributed by atoms with van der Waals surface area (Å²) in [5.41, 5.74) is 5.47. The average Bonchev–Trinajstić information content (AvgIpc) is 3.04. The van der Waals surface area contributed by atoms with Crippen molar-refractivity contribution in [2.75, 3.05) is 18.0 Å². The first-order valence-corrected chi connectivity index (χ1v) is 8.92. The van der Waals surface area contributed by atoms with Gasteiger partial charge in [0.1, 0.15) is 10.5 Å². The highest BCUT2D eigenvalue weighted by Gasteiger charge is 2.37. The van der Waals surface area contributed by atoms with Gasteiger partial charge in [-0.1, -0.05) is 23.5 Å². The topological polar surface area (TPSA) is 79.5 Å². The molecule has 2 atom stereocenters. The van der Waals surface area contributed by atoms with Gasteiger partial charge in [0.25, 0.3) is 5.91 Å². The van der Waals surface area contributed by atoms with Crippen LogP contribution in [-0.4, -0.2) is 46.6 Å². The van der Waals surface area contributed by atoms with Crippen molar-refractivity contribution in [3.63, 3.8) is 0 Å². The predicted molar refractivity (Wildman–Crippen MR) is 95.6 cm³/mol. The molecule has 0 spiro atoms. The second kappa shape index (κ2) is 6.25. The Morgan fingerprint density at radius 2 is 2.28 bits per heavy atom. The first kappa shape index (κ1) is 17.6. The highest BCUT2D eigenvalue weighted by atomic mass is 32.1. The monoisotopic (exact) mass is 364 g/mol. The molecular formula is C17H21FN4O2S. The second-order valence-electron chi connectivity index (χ2n) is 6.74. The fourth-order valence-corrected chi connectivity index (χ4v) is 3.88. The van der Waals surface area contributed by atoms with Crippen LogP contribution in [0.5, 0.6) is 0 Å². The van der Waals surface area contributed by atoms with Gasteiger partial charge in [0.15, 0.2) is 5.13 Å². The Kier molecular flexibility index (Phi) is 4.40. The number of amides is 3. The molecule has 25 heavy (non-hydrogen) atoms. The molecule has 0 bridgehead atoms. The number of nitrogens with zero attached hydrogens (tertiary/aromatic N) is 3. The van der Waals surface area contributed by atoms with Crippen LogP contribution < -0.4 is 10.6 Å². The van der Waals surface area contributed by atoms with E-state index in [0.29, 0.717) is 35.2 Å². The smallest absolute Gasteiger partial charge is 0.326 e. The maximum atomic E-state index is 13.8. The first-order chi connectivity index (χ1) is 11.7. The number of primary amides is 1. The van der Waals surface area contributed by atoms with Gasteiger partial charge in [0, 0.05) is 19.0 Å². The zero-order valence-corrected chi connectivity index (χ0v) is 15.3. The minimum atomic E-state index is -1.32. The molecule has 2 heterocycles. The number of nitrogens with two attached hydrogens (primary N) is 1. The van der Waals surface area contributed by atoms with Crippen LogP contribution in [0.3, 0.4) is 0 Å². The number of thiazole rings is 1. The zero-order chi connectivity index (χ0) is 18.4. The number of halogens is 1. The number of hydrogen-bond acceptors (Lipinski definition) is 4. The van der Waals surface area contributed by atoms with Gasteiger partial charge in [0.05, 0.1) is 12.2 Å². The van der Waals surface area contributed by atoms with E-state index in [9.17, 15) is 14.0 Å². The van der Waals surface area contributed by atoms with Crippen molar-refractivity contribution < 1.29 is 14.0 Å². The van der Waals surface area contributed by atoms with E-state index in [2.05, 4.69) is 4.98 Å². The lowest BCUT2D eigenvalue weighted by Gasteiger charge is -2.24. The van der Waals surface area contributed by atoms with E-state index in [0.717, 1.165) is 16.9 Å². The molecular weight excluding hydrogens is 343 g/mol. The van der Waals surface area contributed by atoms with Gasteiger partial charge in [0.2, 0.25) is 0 Å². The molecule has 6 nitrogen and oxygen atoms in total. The van der Waals surface area contributed by atoms with Crippen LogP contribution >= 0.6 is 11.3 Å².